The average Bonchev–Trinajstić information content (AvgIpc) is 2.73. The van der Waals surface area contributed by atoms with E-state index in [4.69, 9.17) is 9.47 Å². The summed E-state index contributed by atoms with van der Waals surface area (Å²) < 4.78 is 50.0. The molecule has 0 fully saturated rings. The average molecular weight is 402 g/mol. The zero-order valence-corrected chi connectivity index (χ0v) is 15.6. The van der Waals surface area contributed by atoms with Crippen LogP contribution in [0.1, 0.15) is 11.3 Å². The second-order valence-electron chi connectivity index (χ2n) is 5.81. The lowest BCUT2D eigenvalue weighted by molar-refractivity contribution is -0.141. The molecule has 9 heteroatoms. The van der Waals surface area contributed by atoms with Crippen molar-refractivity contribution in [1.82, 2.24) is 9.97 Å². The van der Waals surface area contributed by atoms with Gasteiger partial charge in [-0.1, -0.05) is 30.3 Å². The van der Waals surface area contributed by atoms with Crippen molar-refractivity contribution in [3.05, 3.63) is 65.9 Å². The van der Waals surface area contributed by atoms with Crippen molar-refractivity contribution in [2.45, 2.75) is 6.18 Å². The maximum atomic E-state index is 13.2. The highest BCUT2D eigenvalue weighted by Gasteiger charge is 2.33. The molecule has 0 bridgehead atoms. The summed E-state index contributed by atoms with van der Waals surface area (Å²) in [7, 11) is 3.02. The Labute approximate surface area is 165 Å². The van der Waals surface area contributed by atoms with E-state index in [0.29, 0.717) is 22.6 Å². The van der Waals surface area contributed by atoms with Crippen molar-refractivity contribution >= 4 is 12.0 Å². The number of ether oxygens (including phenoxy) is 2. The summed E-state index contributed by atoms with van der Waals surface area (Å²) in [6.45, 7) is 0. The number of nitrogens with zero attached hydrogens (tertiary/aromatic N) is 3. The molecular formula is C20H17F3N4O2. The van der Waals surface area contributed by atoms with Crippen LogP contribution in [0.25, 0.3) is 11.4 Å². The normalized spacial score (nSPS) is 11.5. The number of nitrogens with one attached hydrogen (secondary N) is 1. The Morgan fingerprint density at radius 1 is 0.931 bits per heavy atom. The molecule has 1 aromatic heterocycles. The van der Waals surface area contributed by atoms with Crippen LogP contribution in [0.3, 0.4) is 0 Å². The SMILES string of the molecule is COc1ccc(C=NNc2cc(C(F)(F)F)nc(-c3ccccc3)n2)cc1OC. The third-order valence-corrected chi connectivity index (χ3v) is 3.85. The van der Waals surface area contributed by atoms with Gasteiger partial charge in [-0.15, -0.1) is 0 Å². The fraction of sp³-hybridized carbons (Fsp3) is 0.150. The molecule has 3 aromatic rings. The number of aromatic nitrogens is 2. The molecule has 1 N–H and O–H groups in total. The summed E-state index contributed by atoms with van der Waals surface area (Å²) in [4.78, 5) is 7.75. The van der Waals surface area contributed by atoms with E-state index < -0.39 is 11.9 Å². The number of rotatable bonds is 6. The number of hydrogen-bond donors (Lipinski definition) is 1. The van der Waals surface area contributed by atoms with Gasteiger partial charge >= 0.3 is 6.18 Å². The quantitative estimate of drug-likeness (QED) is 0.481. The number of hydrazone groups is 1. The Morgan fingerprint density at radius 2 is 1.66 bits per heavy atom. The van der Waals surface area contributed by atoms with Crippen molar-refractivity contribution in [2.75, 3.05) is 19.6 Å². The first-order chi connectivity index (χ1) is 13.9. The molecule has 0 aliphatic rings. The molecule has 0 atom stereocenters. The van der Waals surface area contributed by atoms with Crippen LogP contribution in [-0.2, 0) is 6.18 Å². The highest BCUT2D eigenvalue weighted by molar-refractivity contribution is 5.81. The minimum Gasteiger partial charge on any atom is -0.493 e. The van der Waals surface area contributed by atoms with Gasteiger partial charge in [-0.05, 0) is 23.8 Å². The van der Waals surface area contributed by atoms with E-state index in [9.17, 15) is 13.2 Å². The second kappa shape index (κ2) is 8.59. The van der Waals surface area contributed by atoms with Crippen molar-refractivity contribution in [3.63, 3.8) is 0 Å². The Hall–Kier alpha value is -3.62. The molecule has 0 spiro atoms. The number of benzene rings is 2. The minimum absolute atomic E-state index is 0.0516. The van der Waals surface area contributed by atoms with Crippen molar-refractivity contribution in [1.29, 1.82) is 0 Å². The lowest BCUT2D eigenvalue weighted by atomic mass is 10.2. The van der Waals surface area contributed by atoms with Crippen LogP contribution in [0.4, 0.5) is 19.0 Å². The lowest BCUT2D eigenvalue weighted by Crippen LogP contribution is -2.11. The van der Waals surface area contributed by atoms with Gasteiger partial charge in [-0.3, -0.25) is 5.43 Å². The molecule has 0 saturated carbocycles. The van der Waals surface area contributed by atoms with Crippen LogP contribution >= 0.6 is 0 Å². The largest absolute Gasteiger partial charge is 0.493 e. The molecular weight excluding hydrogens is 385 g/mol. The van der Waals surface area contributed by atoms with Gasteiger partial charge in [0.1, 0.15) is 0 Å². The van der Waals surface area contributed by atoms with Crippen molar-refractivity contribution < 1.29 is 22.6 Å². The second-order valence-corrected chi connectivity index (χ2v) is 5.81. The summed E-state index contributed by atoms with van der Waals surface area (Å²) >= 11 is 0. The van der Waals surface area contributed by atoms with Gasteiger partial charge < -0.3 is 9.47 Å². The van der Waals surface area contributed by atoms with E-state index in [0.717, 1.165) is 6.07 Å². The van der Waals surface area contributed by atoms with Crippen molar-refractivity contribution in [3.8, 4) is 22.9 Å². The topological polar surface area (TPSA) is 68.6 Å². The standard InChI is InChI=1S/C20H17F3N4O2/c1-28-15-9-8-13(10-16(15)29-2)12-24-27-18-11-17(20(21,22)23)25-19(26-18)14-6-4-3-5-7-14/h3-12H,1-2H3,(H,25,26,27). The van der Waals surface area contributed by atoms with Gasteiger partial charge in [0.25, 0.3) is 0 Å². The van der Waals surface area contributed by atoms with E-state index in [1.165, 1.54) is 20.4 Å². The molecule has 0 radical (unpaired) electrons. The minimum atomic E-state index is -4.62. The van der Waals surface area contributed by atoms with E-state index in [1.807, 2.05) is 0 Å². The highest BCUT2D eigenvalue weighted by atomic mass is 19.4. The summed E-state index contributed by atoms with van der Waals surface area (Å²) in [6, 6.07) is 14.3. The molecule has 0 unspecified atom stereocenters. The number of halogens is 3. The molecule has 150 valence electrons. The third kappa shape index (κ3) is 5.01. The van der Waals surface area contributed by atoms with Crippen molar-refractivity contribution in [2.24, 2.45) is 5.10 Å². The Kier molecular flexibility index (Phi) is 5.96. The molecule has 0 saturated heterocycles. The van der Waals surface area contributed by atoms with E-state index in [-0.39, 0.29) is 11.6 Å². The first-order valence-corrected chi connectivity index (χ1v) is 8.43. The molecule has 3 rings (SSSR count). The molecule has 0 aliphatic heterocycles. The Balaban J connectivity index is 1.88. The fourth-order valence-corrected chi connectivity index (χ4v) is 2.47. The van der Waals surface area contributed by atoms with Crippen LogP contribution < -0.4 is 14.9 Å². The first kappa shape index (κ1) is 20.1. The monoisotopic (exact) mass is 402 g/mol. The molecule has 29 heavy (non-hydrogen) atoms. The number of alkyl halides is 3. The van der Waals surface area contributed by atoms with Gasteiger partial charge in [0.2, 0.25) is 0 Å². The van der Waals surface area contributed by atoms with Gasteiger partial charge in [-0.25, -0.2) is 9.97 Å². The maximum Gasteiger partial charge on any atom is 0.433 e. The zero-order chi connectivity index (χ0) is 20.9. The summed E-state index contributed by atoms with van der Waals surface area (Å²) in [5, 5.41) is 3.97. The molecule has 6 nitrogen and oxygen atoms in total. The number of hydrogen-bond acceptors (Lipinski definition) is 6. The van der Waals surface area contributed by atoms with Gasteiger partial charge in [-0.2, -0.15) is 18.3 Å². The van der Waals surface area contributed by atoms with Gasteiger partial charge in [0.15, 0.2) is 28.8 Å². The first-order valence-electron chi connectivity index (χ1n) is 8.43. The predicted molar refractivity (Wildman–Crippen MR) is 103 cm³/mol. The Morgan fingerprint density at radius 3 is 2.31 bits per heavy atom. The number of methoxy groups -OCH3 is 2. The van der Waals surface area contributed by atoms with E-state index in [1.54, 1.807) is 48.5 Å². The highest BCUT2D eigenvalue weighted by Crippen LogP contribution is 2.31. The van der Waals surface area contributed by atoms with E-state index in [2.05, 4.69) is 20.5 Å². The van der Waals surface area contributed by atoms with Crippen LogP contribution in [0, 0.1) is 0 Å². The zero-order valence-electron chi connectivity index (χ0n) is 15.6. The molecule has 0 aliphatic carbocycles. The van der Waals surface area contributed by atoms with Crippen LogP contribution in [-0.4, -0.2) is 30.4 Å². The lowest BCUT2D eigenvalue weighted by Gasteiger charge is -2.10. The van der Waals surface area contributed by atoms with Crippen LogP contribution in [0.2, 0.25) is 0 Å². The van der Waals surface area contributed by atoms with E-state index >= 15 is 0 Å². The fourth-order valence-electron chi connectivity index (χ4n) is 2.47. The number of anilines is 1. The van der Waals surface area contributed by atoms with Crippen LogP contribution in [0.15, 0.2) is 59.7 Å². The Bertz CT molecular complexity index is 1010. The summed E-state index contributed by atoms with van der Waals surface area (Å²) in [5.41, 5.74) is 2.59. The van der Waals surface area contributed by atoms with Crippen LogP contribution in [0.5, 0.6) is 11.5 Å². The molecule has 1 heterocycles. The summed E-state index contributed by atoms with van der Waals surface area (Å²) in [6.07, 6.45) is -3.19. The van der Waals surface area contributed by atoms with Gasteiger partial charge in [0, 0.05) is 11.6 Å². The summed E-state index contributed by atoms with van der Waals surface area (Å²) in [5.74, 6) is 0.923. The third-order valence-electron chi connectivity index (χ3n) is 3.85. The maximum absolute atomic E-state index is 13.2. The predicted octanol–water partition coefficient (Wildman–Crippen LogP) is 4.63. The molecule has 2 aromatic carbocycles. The van der Waals surface area contributed by atoms with Gasteiger partial charge in [0.05, 0.1) is 20.4 Å². The molecule has 0 amide bonds. The smallest absolute Gasteiger partial charge is 0.433 e.